The summed E-state index contributed by atoms with van der Waals surface area (Å²) >= 11 is 7.29. The maximum Gasteiger partial charge on any atom is 0.229 e. The van der Waals surface area contributed by atoms with Crippen molar-refractivity contribution >= 4 is 34.0 Å². The van der Waals surface area contributed by atoms with Crippen LogP contribution in [0.15, 0.2) is 53.9 Å². The van der Waals surface area contributed by atoms with Crippen LogP contribution in [0, 0.1) is 0 Å². The van der Waals surface area contributed by atoms with E-state index in [1.165, 1.54) is 11.3 Å². The van der Waals surface area contributed by atoms with Gasteiger partial charge in [-0.2, -0.15) is 0 Å². The number of hydrogen-bond acceptors (Lipinski definition) is 5. The van der Waals surface area contributed by atoms with Gasteiger partial charge in [0.05, 0.1) is 19.9 Å². The Morgan fingerprint density at radius 1 is 1.10 bits per heavy atom. The second-order valence-corrected chi connectivity index (χ2v) is 7.52. The van der Waals surface area contributed by atoms with Gasteiger partial charge in [-0.1, -0.05) is 36.4 Å². The number of nitrogens with zero attached hydrogens (tertiary/aromatic N) is 2. The summed E-state index contributed by atoms with van der Waals surface area (Å²) in [7, 11) is 3.22. The molecule has 29 heavy (non-hydrogen) atoms. The van der Waals surface area contributed by atoms with E-state index in [-0.39, 0.29) is 18.2 Å². The van der Waals surface area contributed by atoms with Crippen molar-refractivity contribution in [3.63, 3.8) is 0 Å². The molecule has 0 fully saturated rings. The summed E-state index contributed by atoms with van der Waals surface area (Å²) in [6.45, 7) is 0.507. The Labute approximate surface area is 179 Å². The highest BCUT2D eigenvalue weighted by molar-refractivity contribution is 7.14. The molecule has 5 nitrogen and oxygen atoms in total. The van der Waals surface area contributed by atoms with Gasteiger partial charge in [-0.05, 0) is 24.1 Å². The number of amides is 1. The van der Waals surface area contributed by atoms with Crippen molar-refractivity contribution in [3.05, 3.63) is 59.5 Å². The molecule has 3 aromatic rings. The van der Waals surface area contributed by atoms with Gasteiger partial charge in [0, 0.05) is 29.8 Å². The first-order valence-electron chi connectivity index (χ1n) is 9.24. The number of thiazole rings is 1. The van der Waals surface area contributed by atoms with Crippen LogP contribution in [0.1, 0.15) is 12.0 Å². The van der Waals surface area contributed by atoms with E-state index in [9.17, 15) is 4.79 Å². The summed E-state index contributed by atoms with van der Waals surface area (Å²) in [5, 5.41) is 2.65. The standard InChI is InChI=1S/C22H23ClN2O3S/c1-27-19-9-8-16(14-20(19)28-2)11-13-25(21(26)10-12-23)22-24-18(15-29-22)17-6-4-3-5-7-17/h3-9,14-15H,10-13H2,1-2H3. The average molecular weight is 431 g/mol. The minimum Gasteiger partial charge on any atom is -0.493 e. The first-order chi connectivity index (χ1) is 14.2. The highest BCUT2D eigenvalue weighted by Crippen LogP contribution is 2.30. The van der Waals surface area contributed by atoms with E-state index < -0.39 is 0 Å². The molecule has 0 bridgehead atoms. The van der Waals surface area contributed by atoms with E-state index in [2.05, 4.69) is 0 Å². The third-order valence-corrected chi connectivity index (χ3v) is 5.53. The minimum absolute atomic E-state index is 0.0329. The van der Waals surface area contributed by atoms with Crippen molar-refractivity contribution < 1.29 is 14.3 Å². The van der Waals surface area contributed by atoms with Gasteiger partial charge < -0.3 is 9.47 Å². The summed E-state index contributed by atoms with van der Waals surface area (Å²) < 4.78 is 10.7. The topological polar surface area (TPSA) is 51.7 Å². The molecular formula is C22H23ClN2O3S. The van der Waals surface area contributed by atoms with Crippen molar-refractivity contribution in [2.24, 2.45) is 0 Å². The molecule has 7 heteroatoms. The Bertz CT molecular complexity index is 946. The number of alkyl halides is 1. The van der Waals surface area contributed by atoms with E-state index in [1.807, 2.05) is 53.9 Å². The Morgan fingerprint density at radius 3 is 2.55 bits per heavy atom. The fraction of sp³-hybridized carbons (Fsp3) is 0.273. The predicted octanol–water partition coefficient (Wildman–Crippen LogP) is 5.03. The van der Waals surface area contributed by atoms with Crippen molar-refractivity contribution in [1.29, 1.82) is 0 Å². The number of rotatable bonds is 9. The lowest BCUT2D eigenvalue weighted by molar-refractivity contribution is -0.118. The summed E-state index contributed by atoms with van der Waals surface area (Å²) in [6, 6.07) is 15.7. The van der Waals surface area contributed by atoms with E-state index >= 15 is 0 Å². The molecule has 1 heterocycles. The van der Waals surface area contributed by atoms with Gasteiger partial charge in [0.15, 0.2) is 16.6 Å². The number of anilines is 1. The zero-order chi connectivity index (χ0) is 20.6. The average Bonchev–Trinajstić information content (AvgIpc) is 3.24. The number of ether oxygens (including phenoxy) is 2. The van der Waals surface area contributed by atoms with Gasteiger partial charge in [-0.15, -0.1) is 22.9 Å². The molecule has 0 spiro atoms. The molecule has 1 aromatic heterocycles. The Kier molecular flexibility index (Phi) is 7.49. The monoisotopic (exact) mass is 430 g/mol. The molecular weight excluding hydrogens is 408 g/mol. The lowest BCUT2D eigenvalue weighted by atomic mass is 10.1. The molecule has 0 radical (unpaired) electrons. The predicted molar refractivity (Wildman–Crippen MR) is 118 cm³/mol. The summed E-state index contributed by atoms with van der Waals surface area (Å²) in [6.07, 6.45) is 0.933. The van der Waals surface area contributed by atoms with Crippen molar-refractivity contribution in [3.8, 4) is 22.8 Å². The minimum atomic E-state index is -0.0329. The number of halogens is 1. The van der Waals surface area contributed by atoms with Gasteiger partial charge in [0.1, 0.15) is 0 Å². The molecule has 0 unspecified atom stereocenters. The quantitative estimate of drug-likeness (QED) is 0.446. The molecule has 3 rings (SSSR count). The van der Waals surface area contributed by atoms with Crippen molar-refractivity contribution in [2.45, 2.75) is 12.8 Å². The molecule has 152 valence electrons. The zero-order valence-corrected chi connectivity index (χ0v) is 18.0. The highest BCUT2D eigenvalue weighted by Gasteiger charge is 2.19. The number of benzene rings is 2. The molecule has 0 aliphatic carbocycles. The third kappa shape index (κ3) is 5.28. The number of aromatic nitrogens is 1. The van der Waals surface area contributed by atoms with E-state index in [0.717, 1.165) is 16.8 Å². The van der Waals surface area contributed by atoms with E-state index in [1.54, 1.807) is 19.1 Å². The number of methoxy groups -OCH3 is 2. The highest BCUT2D eigenvalue weighted by atomic mass is 35.5. The summed E-state index contributed by atoms with van der Waals surface area (Å²) in [4.78, 5) is 19.1. The molecule has 0 atom stereocenters. The van der Waals surface area contributed by atoms with Crippen LogP contribution in [0.3, 0.4) is 0 Å². The van der Waals surface area contributed by atoms with Gasteiger partial charge in [0.2, 0.25) is 5.91 Å². The third-order valence-electron chi connectivity index (χ3n) is 4.47. The Morgan fingerprint density at radius 2 is 1.86 bits per heavy atom. The molecule has 0 aliphatic rings. The first-order valence-corrected chi connectivity index (χ1v) is 10.7. The molecule has 0 saturated carbocycles. The van der Waals surface area contributed by atoms with Crippen LogP contribution in [0.2, 0.25) is 0 Å². The first kappa shape index (κ1) is 21.1. The normalized spacial score (nSPS) is 10.6. The maximum atomic E-state index is 12.7. The largest absolute Gasteiger partial charge is 0.493 e. The van der Waals surface area contributed by atoms with Gasteiger partial charge >= 0.3 is 0 Å². The SMILES string of the molecule is COc1ccc(CCN(C(=O)CCCl)c2nc(-c3ccccc3)cs2)cc1OC. The number of carbonyl (C=O) groups is 1. The number of carbonyl (C=O) groups excluding carboxylic acids is 1. The van der Waals surface area contributed by atoms with E-state index in [4.69, 9.17) is 26.1 Å². The summed E-state index contributed by atoms with van der Waals surface area (Å²) in [5.74, 6) is 1.60. The van der Waals surface area contributed by atoms with Crippen LogP contribution in [0.5, 0.6) is 11.5 Å². The molecule has 0 saturated heterocycles. The fourth-order valence-corrected chi connectivity index (χ4v) is 3.99. The van der Waals surface area contributed by atoms with Crippen LogP contribution < -0.4 is 14.4 Å². The van der Waals surface area contributed by atoms with Crippen molar-refractivity contribution in [2.75, 3.05) is 31.5 Å². The molecule has 0 N–H and O–H groups in total. The maximum absolute atomic E-state index is 12.7. The Balaban J connectivity index is 1.80. The van der Waals surface area contributed by atoms with E-state index in [0.29, 0.717) is 29.6 Å². The number of hydrogen-bond donors (Lipinski definition) is 0. The smallest absolute Gasteiger partial charge is 0.229 e. The lowest BCUT2D eigenvalue weighted by Gasteiger charge is -2.20. The fourth-order valence-electron chi connectivity index (χ4n) is 2.95. The van der Waals surface area contributed by atoms with Crippen LogP contribution in [0.25, 0.3) is 11.3 Å². The van der Waals surface area contributed by atoms with Crippen LogP contribution >= 0.6 is 22.9 Å². The van der Waals surface area contributed by atoms with Crippen LogP contribution in [-0.4, -0.2) is 37.5 Å². The molecule has 1 amide bonds. The van der Waals surface area contributed by atoms with Crippen LogP contribution in [0.4, 0.5) is 5.13 Å². The molecule has 0 aliphatic heterocycles. The van der Waals surface area contributed by atoms with Gasteiger partial charge in [-0.3, -0.25) is 9.69 Å². The lowest BCUT2D eigenvalue weighted by Crippen LogP contribution is -2.33. The zero-order valence-electron chi connectivity index (χ0n) is 16.4. The molecule has 2 aromatic carbocycles. The van der Waals surface area contributed by atoms with Gasteiger partial charge in [0.25, 0.3) is 0 Å². The second-order valence-electron chi connectivity index (χ2n) is 6.31. The van der Waals surface area contributed by atoms with Crippen molar-refractivity contribution in [1.82, 2.24) is 4.98 Å². The van der Waals surface area contributed by atoms with Gasteiger partial charge in [-0.25, -0.2) is 4.98 Å². The summed E-state index contributed by atoms with van der Waals surface area (Å²) in [5.41, 5.74) is 2.94. The Hall–Kier alpha value is -2.57. The second kappa shape index (κ2) is 10.3. The van der Waals surface area contributed by atoms with Crippen LogP contribution in [-0.2, 0) is 11.2 Å².